The van der Waals surface area contributed by atoms with Crippen LogP contribution in [-0.4, -0.2) is 15.0 Å². The number of pyridine rings is 1. The summed E-state index contributed by atoms with van der Waals surface area (Å²) < 4.78 is 5.40. The van der Waals surface area contributed by atoms with Gasteiger partial charge in [0.15, 0.2) is 0 Å². The average molecular weight is 260 g/mol. The highest BCUT2D eigenvalue weighted by atomic mass is 16.6. The number of ether oxygens (including phenoxy) is 1. The number of benzene rings is 1. The summed E-state index contributed by atoms with van der Waals surface area (Å²) in [5.41, 5.74) is 0.496. The van der Waals surface area contributed by atoms with Crippen LogP contribution in [0.4, 0.5) is 5.69 Å². The molecule has 1 N–H and O–H groups in total. The van der Waals surface area contributed by atoms with E-state index in [0.717, 1.165) is 0 Å². The molecule has 0 radical (unpaired) electrons. The highest BCUT2D eigenvalue weighted by molar-refractivity contribution is 5.47. The monoisotopic (exact) mass is 260 g/mol. The number of rotatable bonds is 4. The lowest BCUT2D eigenvalue weighted by Gasteiger charge is -2.08. The molecule has 1 heterocycles. The van der Waals surface area contributed by atoms with E-state index >= 15 is 0 Å². The normalized spacial score (nSPS) is 11.9. The van der Waals surface area contributed by atoms with Crippen LogP contribution in [0.2, 0.25) is 0 Å². The molecule has 0 amide bonds. The third kappa shape index (κ3) is 3.05. The maximum atomic E-state index is 10.9. The van der Waals surface area contributed by atoms with E-state index in [1.54, 1.807) is 31.2 Å². The summed E-state index contributed by atoms with van der Waals surface area (Å²) in [5, 5.41) is 20.3. The van der Waals surface area contributed by atoms with E-state index in [1.165, 1.54) is 18.3 Å². The molecule has 0 saturated carbocycles. The Hall–Kier alpha value is -2.47. The predicted molar refractivity (Wildman–Crippen MR) is 68.0 cm³/mol. The molecule has 1 atom stereocenters. The number of aromatic nitrogens is 1. The first-order chi connectivity index (χ1) is 9.08. The van der Waals surface area contributed by atoms with E-state index in [-0.39, 0.29) is 17.3 Å². The zero-order valence-corrected chi connectivity index (χ0v) is 10.2. The smallest absolute Gasteiger partial charge is 0.311 e. The Morgan fingerprint density at radius 1 is 1.37 bits per heavy atom. The summed E-state index contributed by atoms with van der Waals surface area (Å²) in [6.07, 6.45) is 0.822. The Bertz CT molecular complexity index is 599. The zero-order valence-electron chi connectivity index (χ0n) is 10.2. The molecule has 1 aromatic carbocycles. The summed E-state index contributed by atoms with van der Waals surface area (Å²) in [5.74, 6) is 0.315. The van der Waals surface area contributed by atoms with Gasteiger partial charge in [0.05, 0.1) is 11.0 Å². The van der Waals surface area contributed by atoms with Crippen LogP contribution >= 0.6 is 0 Å². The van der Waals surface area contributed by atoms with Crippen molar-refractivity contribution in [1.29, 1.82) is 0 Å². The number of hydrogen-bond acceptors (Lipinski definition) is 5. The van der Waals surface area contributed by atoms with E-state index in [1.807, 2.05) is 0 Å². The molecule has 0 aliphatic rings. The number of para-hydroxylation sites is 2. The van der Waals surface area contributed by atoms with Gasteiger partial charge in [-0.3, -0.25) is 10.1 Å². The first kappa shape index (κ1) is 13.0. The quantitative estimate of drug-likeness (QED) is 0.674. The molecule has 0 fully saturated rings. The maximum Gasteiger partial charge on any atom is 0.311 e. The molecule has 98 valence electrons. The van der Waals surface area contributed by atoms with E-state index in [0.29, 0.717) is 5.56 Å². The van der Waals surface area contributed by atoms with Crippen LogP contribution < -0.4 is 4.74 Å². The van der Waals surface area contributed by atoms with Crippen molar-refractivity contribution in [2.45, 2.75) is 13.0 Å². The Morgan fingerprint density at radius 2 is 2.11 bits per heavy atom. The van der Waals surface area contributed by atoms with Gasteiger partial charge in [-0.1, -0.05) is 12.1 Å². The first-order valence-corrected chi connectivity index (χ1v) is 5.63. The molecule has 0 aliphatic carbocycles. The zero-order chi connectivity index (χ0) is 13.8. The van der Waals surface area contributed by atoms with E-state index < -0.39 is 11.0 Å². The van der Waals surface area contributed by atoms with Gasteiger partial charge in [0.2, 0.25) is 11.6 Å². The molecule has 2 aromatic rings. The lowest BCUT2D eigenvalue weighted by Crippen LogP contribution is -1.96. The minimum absolute atomic E-state index is 0.114. The number of nitro groups is 1. The van der Waals surface area contributed by atoms with Crippen molar-refractivity contribution in [3.63, 3.8) is 0 Å². The third-order valence-electron chi connectivity index (χ3n) is 2.52. The molecule has 6 nitrogen and oxygen atoms in total. The van der Waals surface area contributed by atoms with Gasteiger partial charge < -0.3 is 9.84 Å². The lowest BCUT2D eigenvalue weighted by atomic mass is 10.2. The SMILES string of the molecule is CC(O)c1ccnc(Oc2ccccc2[N+](=O)[O-])c1. The van der Waals surface area contributed by atoms with Crippen molar-refractivity contribution in [1.82, 2.24) is 4.98 Å². The van der Waals surface area contributed by atoms with Gasteiger partial charge in [-0.05, 0) is 24.6 Å². The Labute approximate surface area is 109 Å². The number of aliphatic hydroxyl groups is 1. The van der Waals surface area contributed by atoms with Crippen LogP contribution in [0.15, 0.2) is 42.6 Å². The van der Waals surface area contributed by atoms with Crippen molar-refractivity contribution in [2.24, 2.45) is 0 Å². The Morgan fingerprint density at radius 3 is 2.79 bits per heavy atom. The standard InChI is InChI=1S/C13H12N2O4/c1-9(16)10-6-7-14-13(8-10)19-12-5-3-2-4-11(12)15(17)18/h2-9,16H,1H3. The Balaban J connectivity index is 2.31. The van der Waals surface area contributed by atoms with Crippen molar-refractivity contribution in [2.75, 3.05) is 0 Å². The molecule has 2 rings (SSSR count). The van der Waals surface area contributed by atoms with Crippen molar-refractivity contribution in [3.8, 4) is 11.6 Å². The molecule has 0 saturated heterocycles. The topological polar surface area (TPSA) is 85.5 Å². The van der Waals surface area contributed by atoms with Crippen LogP contribution in [0.25, 0.3) is 0 Å². The minimum atomic E-state index is -0.656. The first-order valence-electron chi connectivity index (χ1n) is 5.63. The minimum Gasteiger partial charge on any atom is -0.432 e. The van der Waals surface area contributed by atoms with Gasteiger partial charge in [-0.2, -0.15) is 0 Å². The lowest BCUT2D eigenvalue weighted by molar-refractivity contribution is -0.385. The van der Waals surface area contributed by atoms with Gasteiger partial charge in [0.1, 0.15) is 0 Å². The molecule has 0 spiro atoms. The van der Waals surface area contributed by atoms with E-state index in [2.05, 4.69) is 4.98 Å². The fourth-order valence-electron chi connectivity index (χ4n) is 1.55. The Kier molecular flexibility index (Phi) is 3.72. The predicted octanol–water partition coefficient (Wildman–Crippen LogP) is 2.84. The number of aliphatic hydroxyl groups excluding tert-OH is 1. The summed E-state index contributed by atoms with van der Waals surface area (Å²) in [4.78, 5) is 14.3. The largest absolute Gasteiger partial charge is 0.432 e. The molecular weight excluding hydrogens is 248 g/mol. The van der Waals surface area contributed by atoms with Gasteiger partial charge in [-0.25, -0.2) is 4.98 Å². The van der Waals surface area contributed by atoms with Crippen LogP contribution in [0.1, 0.15) is 18.6 Å². The fourth-order valence-corrected chi connectivity index (χ4v) is 1.55. The van der Waals surface area contributed by atoms with Crippen molar-refractivity contribution < 1.29 is 14.8 Å². The highest BCUT2D eigenvalue weighted by Crippen LogP contribution is 2.30. The molecule has 0 aliphatic heterocycles. The molecule has 6 heteroatoms. The van der Waals surface area contributed by atoms with Gasteiger partial charge >= 0.3 is 5.69 Å². The molecule has 0 bridgehead atoms. The number of nitro benzene ring substituents is 1. The molecule has 19 heavy (non-hydrogen) atoms. The maximum absolute atomic E-state index is 10.9. The molecular formula is C13H12N2O4. The second kappa shape index (κ2) is 5.45. The van der Waals surface area contributed by atoms with Crippen molar-refractivity contribution in [3.05, 3.63) is 58.3 Å². The van der Waals surface area contributed by atoms with Crippen LogP contribution in [0.5, 0.6) is 11.6 Å². The number of hydrogen-bond donors (Lipinski definition) is 1. The van der Waals surface area contributed by atoms with Gasteiger partial charge in [0.25, 0.3) is 0 Å². The van der Waals surface area contributed by atoms with Crippen LogP contribution in [-0.2, 0) is 0 Å². The van der Waals surface area contributed by atoms with Crippen LogP contribution in [0.3, 0.4) is 0 Å². The van der Waals surface area contributed by atoms with E-state index in [4.69, 9.17) is 4.74 Å². The fraction of sp³-hybridized carbons (Fsp3) is 0.154. The molecule has 1 unspecified atom stereocenters. The summed E-state index contributed by atoms with van der Waals surface area (Å²) in [6, 6.07) is 9.24. The summed E-state index contributed by atoms with van der Waals surface area (Å²) in [6.45, 7) is 1.62. The van der Waals surface area contributed by atoms with Crippen molar-refractivity contribution >= 4 is 5.69 Å². The third-order valence-corrected chi connectivity index (χ3v) is 2.52. The average Bonchev–Trinajstić information content (AvgIpc) is 2.39. The number of nitrogens with zero attached hydrogens (tertiary/aromatic N) is 2. The van der Waals surface area contributed by atoms with Gasteiger partial charge in [-0.15, -0.1) is 0 Å². The van der Waals surface area contributed by atoms with Gasteiger partial charge in [0, 0.05) is 18.3 Å². The second-order valence-electron chi connectivity index (χ2n) is 3.93. The van der Waals surface area contributed by atoms with E-state index in [9.17, 15) is 15.2 Å². The molecule has 1 aromatic heterocycles. The summed E-state index contributed by atoms with van der Waals surface area (Å²) in [7, 11) is 0. The highest BCUT2D eigenvalue weighted by Gasteiger charge is 2.15. The van der Waals surface area contributed by atoms with Crippen LogP contribution in [0, 0.1) is 10.1 Å². The second-order valence-corrected chi connectivity index (χ2v) is 3.93. The summed E-state index contributed by atoms with van der Waals surface area (Å²) >= 11 is 0.